The van der Waals surface area contributed by atoms with Gasteiger partial charge in [-0.15, -0.1) is 0 Å². The van der Waals surface area contributed by atoms with Crippen molar-refractivity contribution >= 4 is 11.5 Å². The van der Waals surface area contributed by atoms with E-state index in [1.54, 1.807) is 6.33 Å². The predicted molar refractivity (Wildman–Crippen MR) is 89.1 cm³/mol. The van der Waals surface area contributed by atoms with E-state index in [-0.39, 0.29) is 0 Å². The Morgan fingerprint density at radius 2 is 2.09 bits per heavy atom. The standard InChI is InChI=1S/C18H23N3O/c1-4-5-10-22-18-15-11-13(2)14-8-6-7-9-16(14)21(3)17(15)19-12-20-18/h6-9,12-13H,4-5,10-11H2,1-3H3. The van der Waals surface area contributed by atoms with E-state index in [1.807, 2.05) is 0 Å². The molecule has 0 aliphatic carbocycles. The fraction of sp³-hybridized carbons (Fsp3) is 0.444. The van der Waals surface area contributed by atoms with E-state index < -0.39 is 0 Å². The monoisotopic (exact) mass is 297 g/mol. The van der Waals surface area contributed by atoms with Crippen LogP contribution in [0.25, 0.3) is 0 Å². The molecular weight excluding hydrogens is 274 g/mol. The van der Waals surface area contributed by atoms with Gasteiger partial charge in [0, 0.05) is 12.7 Å². The molecular formula is C18H23N3O. The molecule has 1 aromatic carbocycles. The van der Waals surface area contributed by atoms with E-state index in [1.165, 1.54) is 11.3 Å². The SMILES string of the molecule is CCCCOc1ncnc2c1CC(C)c1ccccc1N2C. The molecule has 1 unspecified atom stereocenters. The number of benzene rings is 1. The maximum Gasteiger partial charge on any atom is 0.221 e. The minimum atomic E-state index is 0.416. The maximum absolute atomic E-state index is 5.92. The van der Waals surface area contributed by atoms with Gasteiger partial charge in [-0.1, -0.05) is 38.5 Å². The summed E-state index contributed by atoms with van der Waals surface area (Å²) in [6, 6.07) is 8.53. The van der Waals surface area contributed by atoms with Crippen molar-refractivity contribution < 1.29 is 4.74 Å². The molecule has 116 valence electrons. The number of nitrogens with zero attached hydrogens (tertiary/aromatic N) is 3. The quantitative estimate of drug-likeness (QED) is 0.797. The fourth-order valence-corrected chi connectivity index (χ4v) is 3.03. The lowest BCUT2D eigenvalue weighted by Gasteiger charge is -2.21. The molecule has 2 heterocycles. The predicted octanol–water partition coefficient (Wildman–Crippen LogP) is 4.08. The van der Waals surface area contributed by atoms with Crippen LogP contribution in [0.15, 0.2) is 30.6 Å². The molecule has 1 aliphatic heterocycles. The Kier molecular flexibility index (Phi) is 4.27. The van der Waals surface area contributed by atoms with Crippen LogP contribution in [-0.2, 0) is 6.42 Å². The first-order valence-corrected chi connectivity index (χ1v) is 8.01. The molecule has 0 spiro atoms. The van der Waals surface area contributed by atoms with E-state index in [9.17, 15) is 0 Å². The average Bonchev–Trinajstić information content (AvgIpc) is 2.65. The number of unbranched alkanes of at least 4 members (excludes halogenated alkanes) is 1. The Bertz CT molecular complexity index is 657. The summed E-state index contributed by atoms with van der Waals surface area (Å²) >= 11 is 0. The summed E-state index contributed by atoms with van der Waals surface area (Å²) in [5.74, 6) is 2.11. The molecule has 0 bridgehead atoms. The van der Waals surface area contributed by atoms with E-state index in [2.05, 4.69) is 60.0 Å². The van der Waals surface area contributed by atoms with Crippen LogP contribution in [0.4, 0.5) is 11.5 Å². The lowest BCUT2D eigenvalue weighted by Crippen LogP contribution is -2.14. The van der Waals surface area contributed by atoms with Crippen LogP contribution >= 0.6 is 0 Å². The van der Waals surface area contributed by atoms with Crippen LogP contribution in [0, 0.1) is 0 Å². The molecule has 1 aliphatic rings. The van der Waals surface area contributed by atoms with Crippen molar-refractivity contribution in [1.29, 1.82) is 0 Å². The van der Waals surface area contributed by atoms with Gasteiger partial charge in [0.15, 0.2) is 0 Å². The molecule has 0 N–H and O–H groups in total. The summed E-state index contributed by atoms with van der Waals surface area (Å²) in [6.45, 7) is 5.13. The van der Waals surface area contributed by atoms with Gasteiger partial charge in [-0.3, -0.25) is 0 Å². The smallest absolute Gasteiger partial charge is 0.221 e. The Balaban J connectivity index is 2.01. The highest BCUT2D eigenvalue weighted by Gasteiger charge is 2.26. The fourth-order valence-electron chi connectivity index (χ4n) is 3.03. The Labute approximate surface area is 132 Å². The number of hydrogen-bond donors (Lipinski definition) is 0. The third-order valence-corrected chi connectivity index (χ3v) is 4.28. The molecule has 0 radical (unpaired) electrons. The topological polar surface area (TPSA) is 38.3 Å². The zero-order valence-electron chi connectivity index (χ0n) is 13.5. The lowest BCUT2D eigenvalue weighted by molar-refractivity contribution is 0.293. The van der Waals surface area contributed by atoms with Crippen molar-refractivity contribution in [3.05, 3.63) is 41.7 Å². The van der Waals surface area contributed by atoms with Gasteiger partial charge < -0.3 is 9.64 Å². The van der Waals surface area contributed by atoms with Gasteiger partial charge in [-0.2, -0.15) is 0 Å². The van der Waals surface area contributed by atoms with E-state index in [4.69, 9.17) is 4.74 Å². The molecule has 0 amide bonds. The van der Waals surface area contributed by atoms with E-state index in [0.29, 0.717) is 12.5 Å². The van der Waals surface area contributed by atoms with E-state index >= 15 is 0 Å². The van der Waals surface area contributed by atoms with Gasteiger partial charge in [0.25, 0.3) is 0 Å². The van der Waals surface area contributed by atoms with Crippen LogP contribution in [-0.4, -0.2) is 23.6 Å². The Morgan fingerprint density at radius 3 is 2.91 bits per heavy atom. The van der Waals surface area contributed by atoms with Crippen LogP contribution in [0.2, 0.25) is 0 Å². The van der Waals surface area contributed by atoms with Crippen molar-refractivity contribution in [2.45, 2.75) is 39.0 Å². The largest absolute Gasteiger partial charge is 0.477 e. The highest BCUT2D eigenvalue weighted by Crippen LogP contribution is 2.41. The van der Waals surface area contributed by atoms with Crippen molar-refractivity contribution in [2.24, 2.45) is 0 Å². The van der Waals surface area contributed by atoms with Gasteiger partial charge in [-0.25, -0.2) is 9.97 Å². The van der Waals surface area contributed by atoms with Crippen LogP contribution in [0.3, 0.4) is 0 Å². The maximum atomic E-state index is 5.92. The molecule has 1 atom stereocenters. The minimum absolute atomic E-state index is 0.416. The Hall–Kier alpha value is -2.10. The van der Waals surface area contributed by atoms with E-state index in [0.717, 1.165) is 36.5 Å². The van der Waals surface area contributed by atoms with Crippen LogP contribution in [0.5, 0.6) is 5.88 Å². The number of fused-ring (bicyclic) bond motifs is 2. The van der Waals surface area contributed by atoms with Crippen molar-refractivity contribution in [1.82, 2.24) is 9.97 Å². The first-order chi connectivity index (χ1) is 10.7. The lowest BCUT2D eigenvalue weighted by atomic mass is 9.94. The number of rotatable bonds is 4. The van der Waals surface area contributed by atoms with Gasteiger partial charge in [0.05, 0.1) is 12.2 Å². The molecule has 3 rings (SSSR count). The van der Waals surface area contributed by atoms with Crippen LogP contribution in [0.1, 0.15) is 43.7 Å². The molecule has 0 fully saturated rings. The third kappa shape index (κ3) is 2.65. The van der Waals surface area contributed by atoms with Crippen LogP contribution < -0.4 is 9.64 Å². The van der Waals surface area contributed by atoms with Crippen molar-refractivity contribution in [3.63, 3.8) is 0 Å². The highest BCUT2D eigenvalue weighted by molar-refractivity contribution is 5.69. The second-order valence-electron chi connectivity index (χ2n) is 5.91. The van der Waals surface area contributed by atoms with Crippen molar-refractivity contribution in [3.8, 4) is 5.88 Å². The number of hydrogen-bond acceptors (Lipinski definition) is 4. The minimum Gasteiger partial charge on any atom is -0.477 e. The molecule has 1 aromatic heterocycles. The second-order valence-corrected chi connectivity index (χ2v) is 5.91. The molecule has 0 saturated carbocycles. The third-order valence-electron chi connectivity index (χ3n) is 4.28. The van der Waals surface area contributed by atoms with Gasteiger partial charge in [0.2, 0.25) is 5.88 Å². The Morgan fingerprint density at radius 1 is 1.27 bits per heavy atom. The zero-order valence-corrected chi connectivity index (χ0v) is 13.5. The highest BCUT2D eigenvalue weighted by atomic mass is 16.5. The molecule has 22 heavy (non-hydrogen) atoms. The summed E-state index contributed by atoms with van der Waals surface area (Å²) in [5.41, 5.74) is 3.68. The summed E-state index contributed by atoms with van der Waals surface area (Å²) in [5, 5.41) is 0. The van der Waals surface area contributed by atoms with Gasteiger partial charge in [0.1, 0.15) is 12.1 Å². The molecule has 0 saturated heterocycles. The molecule has 4 heteroatoms. The number of ether oxygens (including phenoxy) is 1. The first-order valence-electron chi connectivity index (χ1n) is 8.01. The average molecular weight is 297 g/mol. The summed E-state index contributed by atoms with van der Waals surface area (Å²) in [7, 11) is 2.07. The first kappa shape index (κ1) is 14.8. The van der Waals surface area contributed by atoms with Crippen molar-refractivity contribution in [2.75, 3.05) is 18.6 Å². The molecule has 2 aromatic rings. The normalized spacial score (nSPS) is 16.7. The van der Waals surface area contributed by atoms with Gasteiger partial charge >= 0.3 is 0 Å². The number of aromatic nitrogens is 2. The summed E-state index contributed by atoms with van der Waals surface area (Å²) in [6.07, 6.45) is 4.67. The molecule has 4 nitrogen and oxygen atoms in total. The summed E-state index contributed by atoms with van der Waals surface area (Å²) in [4.78, 5) is 11.0. The van der Waals surface area contributed by atoms with Gasteiger partial charge in [-0.05, 0) is 30.4 Å². The second kappa shape index (κ2) is 6.34. The summed E-state index contributed by atoms with van der Waals surface area (Å²) < 4.78 is 5.92. The zero-order chi connectivity index (χ0) is 15.5. The number of para-hydroxylation sites is 1. The number of anilines is 2.